The minimum absolute atomic E-state index is 0. The predicted molar refractivity (Wildman–Crippen MR) is 46.8 cm³/mol. The Labute approximate surface area is 81.5 Å². The highest BCUT2D eigenvalue weighted by molar-refractivity contribution is 7.32. The van der Waals surface area contributed by atoms with Gasteiger partial charge in [-0.2, -0.15) is 0 Å². The van der Waals surface area contributed by atoms with Crippen molar-refractivity contribution in [2.24, 2.45) is 0 Å². The van der Waals surface area contributed by atoms with Gasteiger partial charge in [-0.3, -0.25) is 0 Å². The van der Waals surface area contributed by atoms with Gasteiger partial charge >= 0.3 is 31.3 Å². The summed E-state index contributed by atoms with van der Waals surface area (Å²) in [5.41, 5.74) is 0. The average Bonchev–Trinajstić information content (AvgIpc) is 1.88. The maximum atomic E-state index is 10.1. The van der Waals surface area contributed by atoms with E-state index in [1.54, 1.807) is 30.3 Å². The van der Waals surface area contributed by atoms with E-state index in [1.807, 2.05) is 0 Å². The van der Waals surface area contributed by atoms with Crippen LogP contribution >= 0.6 is 8.25 Å². The molecule has 0 saturated carbocycles. The van der Waals surface area contributed by atoms with Crippen molar-refractivity contribution in [1.82, 2.24) is 0 Å². The predicted octanol–water partition coefficient (Wildman–Crippen LogP) is 0.531. The lowest BCUT2D eigenvalue weighted by molar-refractivity contribution is 0.410. The van der Waals surface area contributed by atoms with Gasteiger partial charge in [0.05, 0.1) is 0 Å². The van der Waals surface area contributed by atoms with E-state index in [9.17, 15) is 4.57 Å². The minimum Gasteiger partial charge on any atom is -0.426 e. The van der Waals surface area contributed by atoms with Gasteiger partial charge in [0.1, 0.15) is 5.75 Å². The first kappa shape index (κ1) is 11.0. The van der Waals surface area contributed by atoms with Gasteiger partial charge in [-0.05, 0) is 12.1 Å². The van der Waals surface area contributed by atoms with Gasteiger partial charge in [0.25, 0.3) is 0 Å². The zero-order valence-corrected chi connectivity index (χ0v) is 6.15. The van der Waals surface area contributed by atoms with Crippen molar-refractivity contribution in [3.8, 4) is 5.75 Å². The lowest BCUT2D eigenvalue weighted by Crippen LogP contribution is -1.77. The lowest BCUT2D eigenvalue weighted by atomic mass is 10.3. The Kier molecular flexibility index (Phi) is 5.59. The van der Waals surface area contributed by atoms with Gasteiger partial charge in [0.2, 0.25) is 0 Å². The molecule has 1 aromatic carbocycles. The van der Waals surface area contributed by atoms with Crippen LogP contribution in [0.3, 0.4) is 0 Å². The second kappa shape index (κ2) is 5.60. The Balaban J connectivity index is 0.000001000. The summed E-state index contributed by atoms with van der Waals surface area (Å²) in [5, 5.41) is 0. The molecule has 0 aliphatic carbocycles. The Bertz CT molecular complexity index is 227. The first-order chi connectivity index (χ1) is 4.79. The van der Waals surface area contributed by atoms with Crippen LogP contribution in [0.5, 0.6) is 5.75 Å². The summed E-state index contributed by atoms with van der Waals surface area (Å²) < 4.78 is 14.6. The summed E-state index contributed by atoms with van der Waals surface area (Å²) in [6.45, 7) is 0. The monoisotopic (exact) mass is 184 g/mol. The molecule has 0 saturated heterocycles. The van der Waals surface area contributed by atoms with Crippen LogP contribution in [0.15, 0.2) is 30.3 Å². The summed E-state index contributed by atoms with van der Waals surface area (Å²) in [6.07, 6.45) is 0. The van der Waals surface area contributed by atoms with E-state index in [2.05, 4.69) is 4.52 Å². The molecule has 58 valence electrons. The quantitative estimate of drug-likeness (QED) is 0.539. The molecule has 0 aliphatic rings. The molecule has 0 radical (unpaired) electrons. The SMILES string of the molecule is O=[PH](O)Oc1ccccc1.[MgH2]. The highest BCUT2D eigenvalue weighted by Gasteiger charge is 1.92. The van der Waals surface area contributed by atoms with Crippen LogP contribution in [-0.2, 0) is 4.57 Å². The molecule has 1 rings (SSSR count). The standard InChI is InChI=1S/C6H7O3P.Mg.2H/c7-10(8)9-6-4-2-1-3-5-6;;;/h1-5,10H,(H,7,8);;;. The molecule has 0 heterocycles. The van der Waals surface area contributed by atoms with Gasteiger partial charge in [0.15, 0.2) is 0 Å². The first-order valence-electron chi connectivity index (χ1n) is 2.75. The van der Waals surface area contributed by atoms with Crippen molar-refractivity contribution in [1.29, 1.82) is 0 Å². The van der Waals surface area contributed by atoms with E-state index in [0.717, 1.165) is 0 Å². The van der Waals surface area contributed by atoms with Crippen molar-refractivity contribution in [2.45, 2.75) is 0 Å². The van der Waals surface area contributed by atoms with E-state index in [0.29, 0.717) is 5.75 Å². The second-order valence-corrected chi connectivity index (χ2v) is 2.42. The molecule has 1 unspecified atom stereocenters. The molecule has 0 fully saturated rings. The maximum Gasteiger partial charge on any atom is 0.365 e. The summed E-state index contributed by atoms with van der Waals surface area (Å²) in [6, 6.07) is 8.53. The highest BCUT2D eigenvalue weighted by atomic mass is 31.1. The molecular weight excluding hydrogens is 175 g/mol. The third kappa shape index (κ3) is 4.43. The van der Waals surface area contributed by atoms with Crippen LogP contribution in [0, 0.1) is 0 Å². The Morgan fingerprint density at radius 2 is 1.82 bits per heavy atom. The molecule has 0 amide bonds. The Morgan fingerprint density at radius 3 is 2.27 bits per heavy atom. The zero-order chi connectivity index (χ0) is 7.40. The van der Waals surface area contributed by atoms with Gasteiger partial charge in [-0.15, -0.1) is 0 Å². The molecular formula is C6H9MgO3P. The summed E-state index contributed by atoms with van der Waals surface area (Å²) in [4.78, 5) is 8.33. The smallest absolute Gasteiger partial charge is 0.365 e. The lowest BCUT2D eigenvalue weighted by Gasteiger charge is -1.98. The fraction of sp³-hybridized carbons (Fsp3) is 0. The van der Waals surface area contributed by atoms with Crippen LogP contribution in [0.1, 0.15) is 0 Å². The third-order valence-electron chi connectivity index (χ3n) is 0.948. The fourth-order valence-corrected chi connectivity index (χ4v) is 0.927. The Morgan fingerprint density at radius 1 is 1.27 bits per heavy atom. The number of para-hydroxylation sites is 1. The molecule has 0 spiro atoms. The van der Waals surface area contributed by atoms with Crippen LogP contribution in [-0.4, -0.2) is 27.9 Å². The van der Waals surface area contributed by atoms with E-state index in [1.165, 1.54) is 0 Å². The first-order valence-corrected chi connectivity index (χ1v) is 4.01. The fourth-order valence-electron chi connectivity index (χ4n) is 0.589. The number of hydrogen-bond acceptors (Lipinski definition) is 2. The van der Waals surface area contributed by atoms with Crippen molar-refractivity contribution >= 4 is 31.3 Å². The largest absolute Gasteiger partial charge is 0.426 e. The van der Waals surface area contributed by atoms with Crippen molar-refractivity contribution in [3.05, 3.63) is 30.3 Å². The minimum atomic E-state index is -2.84. The molecule has 0 bridgehead atoms. The van der Waals surface area contributed by atoms with Gasteiger partial charge < -0.3 is 9.42 Å². The normalized spacial score (nSPS) is 11.4. The summed E-state index contributed by atoms with van der Waals surface area (Å²) in [5.74, 6) is 0.425. The number of benzene rings is 1. The molecule has 1 aromatic rings. The molecule has 11 heavy (non-hydrogen) atoms. The average molecular weight is 184 g/mol. The molecule has 3 nitrogen and oxygen atoms in total. The number of rotatable bonds is 2. The highest BCUT2D eigenvalue weighted by Crippen LogP contribution is 2.21. The van der Waals surface area contributed by atoms with Crippen molar-refractivity contribution in [3.63, 3.8) is 0 Å². The molecule has 5 heteroatoms. The van der Waals surface area contributed by atoms with E-state index in [-0.39, 0.29) is 23.1 Å². The van der Waals surface area contributed by atoms with Crippen LogP contribution < -0.4 is 4.52 Å². The van der Waals surface area contributed by atoms with E-state index >= 15 is 0 Å². The van der Waals surface area contributed by atoms with Crippen LogP contribution in [0.2, 0.25) is 0 Å². The maximum absolute atomic E-state index is 10.1. The van der Waals surface area contributed by atoms with E-state index < -0.39 is 8.25 Å². The van der Waals surface area contributed by atoms with Gasteiger partial charge in [-0.25, -0.2) is 4.57 Å². The molecule has 1 N–H and O–H groups in total. The summed E-state index contributed by atoms with van der Waals surface area (Å²) >= 11 is 0. The third-order valence-corrected chi connectivity index (χ3v) is 1.36. The topological polar surface area (TPSA) is 46.5 Å². The zero-order valence-electron chi connectivity index (χ0n) is 5.15. The van der Waals surface area contributed by atoms with Crippen LogP contribution in [0.25, 0.3) is 0 Å². The van der Waals surface area contributed by atoms with E-state index in [4.69, 9.17) is 4.89 Å². The number of hydrogen-bond donors (Lipinski definition) is 1. The Hall–Kier alpha value is -0.0238. The van der Waals surface area contributed by atoms with Crippen LogP contribution in [0.4, 0.5) is 0 Å². The molecule has 1 atom stereocenters. The van der Waals surface area contributed by atoms with Crippen molar-refractivity contribution < 1.29 is 14.0 Å². The second-order valence-electron chi connectivity index (χ2n) is 1.68. The van der Waals surface area contributed by atoms with Gasteiger partial charge in [0, 0.05) is 0 Å². The molecule has 0 aromatic heterocycles. The molecule has 0 aliphatic heterocycles. The van der Waals surface area contributed by atoms with Gasteiger partial charge in [-0.1, -0.05) is 18.2 Å². The summed E-state index contributed by atoms with van der Waals surface area (Å²) in [7, 11) is -2.84. The van der Waals surface area contributed by atoms with Crippen molar-refractivity contribution in [2.75, 3.05) is 0 Å².